The summed E-state index contributed by atoms with van der Waals surface area (Å²) < 4.78 is 18.5. The molecule has 0 fully saturated rings. The minimum Gasteiger partial charge on any atom is -0.468 e. The van der Waals surface area contributed by atoms with Crippen molar-refractivity contribution in [3.05, 3.63) is 71.5 Å². The molecule has 0 saturated heterocycles. The van der Waals surface area contributed by atoms with Crippen molar-refractivity contribution >= 4 is 5.97 Å². The van der Waals surface area contributed by atoms with Gasteiger partial charge in [0.25, 0.3) is 0 Å². The van der Waals surface area contributed by atoms with Crippen molar-refractivity contribution in [2.75, 3.05) is 7.11 Å². The van der Waals surface area contributed by atoms with Gasteiger partial charge in [-0.05, 0) is 36.1 Å². The lowest BCUT2D eigenvalue weighted by Crippen LogP contribution is -2.38. The van der Waals surface area contributed by atoms with Crippen molar-refractivity contribution in [3.63, 3.8) is 0 Å². The van der Waals surface area contributed by atoms with Crippen molar-refractivity contribution in [1.82, 2.24) is 0 Å². The Kier molecular flexibility index (Phi) is 6.08. The largest absolute Gasteiger partial charge is 0.468 e. The predicted octanol–water partition coefficient (Wildman–Crippen LogP) is 4.37. The first kappa shape index (κ1) is 17.7. The van der Waals surface area contributed by atoms with Gasteiger partial charge >= 0.3 is 5.97 Å². The van der Waals surface area contributed by atoms with Crippen molar-refractivity contribution < 1.29 is 13.9 Å². The van der Waals surface area contributed by atoms with Gasteiger partial charge in [-0.15, -0.1) is 0 Å². The molecule has 1 atom stereocenters. The average molecular weight is 325 g/mol. The molecule has 0 aliphatic heterocycles. The van der Waals surface area contributed by atoms with Crippen LogP contribution < -0.4 is 0 Å². The Labute approximate surface area is 141 Å². The minimum absolute atomic E-state index is 0.352. The van der Waals surface area contributed by atoms with Crippen LogP contribution in [0.15, 0.2) is 54.6 Å². The Morgan fingerprint density at radius 2 is 1.71 bits per heavy atom. The molecule has 0 radical (unpaired) electrons. The number of rotatable bonds is 7. The fraction of sp³-hybridized carbons (Fsp3) is 0.300. The molecule has 0 aliphatic rings. The van der Waals surface area contributed by atoms with E-state index in [4.69, 9.17) is 10.00 Å². The van der Waals surface area contributed by atoms with E-state index in [-0.39, 0.29) is 11.8 Å². The molecule has 1 unspecified atom stereocenters. The highest BCUT2D eigenvalue weighted by molar-refractivity contribution is 5.87. The van der Waals surface area contributed by atoms with Crippen LogP contribution >= 0.6 is 0 Å². The Morgan fingerprint density at radius 3 is 2.29 bits per heavy atom. The van der Waals surface area contributed by atoms with E-state index in [0.29, 0.717) is 31.2 Å². The summed E-state index contributed by atoms with van der Waals surface area (Å²) in [6.07, 6.45) is 2.32. The highest BCUT2D eigenvalue weighted by Crippen LogP contribution is 2.38. The minimum atomic E-state index is -1.00. The summed E-state index contributed by atoms with van der Waals surface area (Å²) in [5, 5.41) is 8.73. The summed E-state index contributed by atoms with van der Waals surface area (Å²) in [5.74, 6) is -0.729. The van der Waals surface area contributed by atoms with Gasteiger partial charge in [-0.2, -0.15) is 5.26 Å². The molecule has 124 valence electrons. The van der Waals surface area contributed by atoms with Crippen LogP contribution in [0.4, 0.5) is 4.39 Å². The van der Waals surface area contributed by atoms with Crippen LogP contribution in [0.5, 0.6) is 0 Å². The number of halogens is 1. The molecule has 0 aliphatic carbocycles. The number of unbranched alkanes of at least 4 members (excludes halogenated alkanes) is 2. The van der Waals surface area contributed by atoms with Crippen molar-refractivity contribution in [1.29, 1.82) is 5.26 Å². The molecule has 0 saturated carbocycles. The number of esters is 1. The molecule has 0 N–H and O–H groups in total. The van der Waals surface area contributed by atoms with E-state index in [1.54, 1.807) is 12.1 Å². The van der Waals surface area contributed by atoms with Crippen LogP contribution in [0, 0.1) is 17.1 Å². The normalized spacial score (nSPS) is 12.9. The van der Waals surface area contributed by atoms with Crippen molar-refractivity contribution in [2.45, 2.75) is 31.1 Å². The van der Waals surface area contributed by atoms with Gasteiger partial charge in [-0.25, -0.2) is 4.39 Å². The third-order valence-corrected chi connectivity index (χ3v) is 4.23. The number of methoxy groups -OCH3 is 1. The SMILES string of the molecule is COC(=O)C(CCCCC#N)(c1ccccc1)c1ccc(F)cc1. The first-order valence-corrected chi connectivity index (χ1v) is 7.92. The zero-order valence-electron chi connectivity index (χ0n) is 13.7. The van der Waals surface area contributed by atoms with E-state index in [1.165, 1.54) is 19.2 Å². The Balaban J connectivity index is 2.53. The van der Waals surface area contributed by atoms with Crippen LogP contribution in [-0.4, -0.2) is 13.1 Å². The molecular weight excluding hydrogens is 305 g/mol. The van der Waals surface area contributed by atoms with E-state index in [9.17, 15) is 9.18 Å². The Bertz CT molecular complexity index is 707. The number of ether oxygens (including phenoxy) is 1. The molecule has 0 heterocycles. The fourth-order valence-corrected chi connectivity index (χ4v) is 3.02. The van der Waals surface area contributed by atoms with Gasteiger partial charge in [0.05, 0.1) is 13.2 Å². The summed E-state index contributed by atoms with van der Waals surface area (Å²) in [4.78, 5) is 12.8. The number of hydrogen-bond acceptors (Lipinski definition) is 3. The molecule has 0 aromatic heterocycles. The zero-order valence-corrected chi connectivity index (χ0v) is 13.7. The summed E-state index contributed by atoms with van der Waals surface area (Å²) in [7, 11) is 1.36. The maximum atomic E-state index is 13.4. The predicted molar refractivity (Wildman–Crippen MR) is 89.7 cm³/mol. The molecule has 0 amide bonds. The average Bonchev–Trinajstić information content (AvgIpc) is 2.63. The molecule has 2 aromatic rings. The van der Waals surface area contributed by atoms with Gasteiger partial charge in [0, 0.05) is 6.42 Å². The Hall–Kier alpha value is -2.67. The standard InChI is InChI=1S/C20H20FNO2/c1-24-19(23)20(14-6-3-7-15-22,16-8-4-2-5-9-16)17-10-12-18(21)13-11-17/h2,4-5,8-13H,3,6-7,14H2,1H3. The lowest BCUT2D eigenvalue weighted by molar-refractivity contribution is -0.146. The molecule has 4 heteroatoms. The van der Waals surface area contributed by atoms with E-state index in [1.807, 2.05) is 30.3 Å². The summed E-state index contributed by atoms with van der Waals surface area (Å²) in [6, 6.07) is 17.5. The molecule has 2 aromatic carbocycles. The van der Waals surface area contributed by atoms with E-state index < -0.39 is 5.41 Å². The second-order valence-corrected chi connectivity index (χ2v) is 5.64. The monoisotopic (exact) mass is 325 g/mol. The third kappa shape index (κ3) is 3.62. The number of nitrogens with zero attached hydrogens (tertiary/aromatic N) is 1. The highest BCUT2D eigenvalue weighted by Gasteiger charge is 2.42. The summed E-state index contributed by atoms with van der Waals surface area (Å²) in [6.45, 7) is 0. The lowest BCUT2D eigenvalue weighted by atomic mass is 9.71. The number of carbonyl (C=O) groups excluding carboxylic acids is 1. The molecule has 3 nitrogen and oxygen atoms in total. The van der Waals surface area contributed by atoms with Crippen LogP contribution in [0.3, 0.4) is 0 Å². The van der Waals surface area contributed by atoms with Crippen LogP contribution in [0.25, 0.3) is 0 Å². The Morgan fingerprint density at radius 1 is 1.08 bits per heavy atom. The molecule has 2 rings (SSSR count). The number of carbonyl (C=O) groups is 1. The number of benzene rings is 2. The van der Waals surface area contributed by atoms with Gasteiger partial charge in [0.15, 0.2) is 0 Å². The van der Waals surface area contributed by atoms with Crippen LogP contribution in [0.2, 0.25) is 0 Å². The maximum Gasteiger partial charge on any atom is 0.320 e. The molecule has 0 bridgehead atoms. The first-order chi connectivity index (χ1) is 11.6. The van der Waals surface area contributed by atoms with E-state index in [2.05, 4.69) is 6.07 Å². The molecular formula is C20H20FNO2. The highest BCUT2D eigenvalue weighted by atomic mass is 19.1. The zero-order chi connectivity index (χ0) is 17.4. The van der Waals surface area contributed by atoms with E-state index in [0.717, 1.165) is 5.56 Å². The first-order valence-electron chi connectivity index (χ1n) is 7.92. The van der Waals surface area contributed by atoms with Gasteiger partial charge in [-0.1, -0.05) is 48.9 Å². The van der Waals surface area contributed by atoms with Gasteiger partial charge in [-0.3, -0.25) is 4.79 Å². The quantitative estimate of drug-likeness (QED) is 0.561. The summed E-state index contributed by atoms with van der Waals surface area (Å²) >= 11 is 0. The smallest absolute Gasteiger partial charge is 0.320 e. The topological polar surface area (TPSA) is 50.1 Å². The maximum absolute atomic E-state index is 13.4. The second kappa shape index (κ2) is 8.26. The lowest BCUT2D eigenvalue weighted by Gasteiger charge is -2.32. The molecule has 24 heavy (non-hydrogen) atoms. The van der Waals surface area contributed by atoms with Crippen LogP contribution in [-0.2, 0) is 14.9 Å². The van der Waals surface area contributed by atoms with E-state index >= 15 is 0 Å². The summed E-state index contributed by atoms with van der Waals surface area (Å²) in [5.41, 5.74) is 0.499. The van der Waals surface area contributed by atoms with Crippen LogP contribution in [0.1, 0.15) is 36.8 Å². The van der Waals surface area contributed by atoms with Gasteiger partial charge < -0.3 is 4.74 Å². The fourth-order valence-electron chi connectivity index (χ4n) is 3.02. The van der Waals surface area contributed by atoms with Gasteiger partial charge in [0.1, 0.15) is 11.2 Å². The van der Waals surface area contributed by atoms with Crippen molar-refractivity contribution in [2.24, 2.45) is 0 Å². The van der Waals surface area contributed by atoms with Crippen molar-refractivity contribution in [3.8, 4) is 6.07 Å². The molecule has 0 spiro atoms. The van der Waals surface area contributed by atoms with Gasteiger partial charge in [0.2, 0.25) is 0 Å². The number of hydrogen-bond donors (Lipinski definition) is 0. The second-order valence-electron chi connectivity index (χ2n) is 5.64. The number of nitriles is 1. The third-order valence-electron chi connectivity index (χ3n) is 4.23.